The average molecular weight is 368 g/mol. The zero-order valence-electron chi connectivity index (χ0n) is 15.1. The summed E-state index contributed by atoms with van der Waals surface area (Å²) in [5, 5.41) is 8.88. The monoisotopic (exact) mass is 367 g/mol. The fourth-order valence-electron chi connectivity index (χ4n) is 4.20. The second-order valence-corrected chi connectivity index (χ2v) is 9.83. The van der Waals surface area contributed by atoms with Crippen molar-refractivity contribution in [1.29, 1.82) is 0 Å². The minimum absolute atomic E-state index is 0.101. The standard InChI is InChI=1S/C17H29N5O2S/c1-2-22-16(13-20-9-3-4-10-20)18-19-17(22)14-7-11-21(12-8-14)25(23,24)15-5-6-15/h14-15H,2-13H2,1H3. The molecule has 2 saturated heterocycles. The third-order valence-corrected chi connectivity index (χ3v) is 8.26. The zero-order chi connectivity index (χ0) is 17.4. The summed E-state index contributed by atoms with van der Waals surface area (Å²) >= 11 is 0. The minimum Gasteiger partial charge on any atom is -0.314 e. The van der Waals surface area contributed by atoms with E-state index >= 15 is 0 Å². The largest absolute Gasteiger partial charge is 0.314 e. The number of aromatic nitrogens is 3. The minimum atomic E-state index is -3.04. The van der Waals surface area contributed by atoms with E-state index in [0.717, 1.165) is 63.5 Å². The lowest BCUT2D eigenvalue weighted by atomic mass is 9.97. The molecule has 1 saturated carbocycles. The van der Waals surface area contributed by atoms with Gasteiger partial charge < -0.3 is 4.57 Å². The molecule has 1 aromatic heterocycles. The van der Waals surface area contributed by atoms with Gasteiger partial charge in [0.2, 0.25) is 10.0 Å². The van der Waals surface area contributed by atoms with Gasteiger partial charge in [0.05, 0.1) is 11.8 Å². The van der Waals surface area contributed by atoms with Crippen molar-refractivity contribution in [2.24, 2.45) is 0 Å². The summed E-state index contributed by atoms with van der Waals surface area (Å²) in [7, 11) is -3.04. The fraction of sp³-hybridized carbons (Fsp3) is 0.882. The van der Waals surface area contributed by atoms with E-state index < -0.39 is 10.0 Å². The van der Waals surface area contributed by atoms with Gasteiger partial charge in [-0.1, -0.05) is 0 Å². The van der Waals surface area contributed by atoms with Crippen molar-refractivity contribution in [1.82, 2.24) is 24.0 Å². The van der Waals surface area contributed by atoms with Crippen LogP contribution in [0.3, 0.4) is 0 Å². The van der Waals surface area contributed by atoms with E-state index in [-0.39, 0.29) is 5.25 Å². The van der Waals surface area contributed by atoms with E-state index in [9.17, 15) is 8.42 Å². The van der Waals surface area contributed by atoms with E-state index in [1.165, 1.54) is 12.8 Å². The van der Waals surface area contributed by atoms with Crippen LogP contribution in [0.15, 0.2) is 0 Å². The van der Waals surface area contributed by atoms with E-state index in [0.29, 0.717) is 19.0 Å². The maximum atomic E-state index is 12.4. The van der Waals surface area contributed by atoms with Gasteiger partial charge in [-0.15, -0.1) is 10.2 Å². The Balaban J connectivity index is 1.43. The van der Waals surface area contributed by atoms with Gasteiger partial charge >= 0.3 is 0 Å². The summed E-state index contributed by atoms with van der Waals surface area (Å²) in [5.74, 6) is 2.44. The molecule has 7 nitrogen and oxygen atoms in total. The number of likely N-dealkylation sites (tertiary alicyclic amines) is 1. The molecule has 0 radical (unpaired) electrons. The maximum absolute atomic E-state index is 12.4. The quantitative estimate of drug-likeness (QED) is 0.763. The normalized spacial score (nSPS) is 24.2. The fourth-order valence-corrected chi connectivity index (χ4v) is 6.07. The van der Waals surface area contributed by atoms with Crippen LogP contribution in [0.2, 0.25) is 0 Å². The number of sulfonamides is 1. The molecule has 4 rings (SSSR count). The molecule has 3 heterocycles. The molecule has 0 bridgehead atoms. The van der Waals surface area contributed by atoms with Crippen molar-refractivity contribution in [3.63, 3.8) is 0 Å². The van der Waals surface area contributed by atoms with Gasteiger partial charge in [-0.2, -0.15) is 0 Å². The van der Waals surface area contributed by atoms with E-state index in [2.05, 4.69) is 26.6 Å². The lowest BCUT2D eigenvalue weighted by Gasteiger charge is -2.31. The highest BCUT2D eigenvalue weighted by Gasteiger charge is 2.41. The highest BCUT2D eigenvalue weighted by atomic mass is 32.2. The van der Waals surface area contributed by atoms with Gasteiger partial charge in [-0.3, -0.25) is 4.90 Å². The lowest BCUT2D eigenvalue weighted by Crippen LogP contribution is -2.40. The Morgan fingerprint density at radius 2 is 1.68 bits per heavy atom. The highest BCUT2D eigenvalue weighted by Crippen LogP contribution is 2.35. The van der Waals surface area contributed by atoms with Crippen molar-refractivity contribution in [2.75, 3.05) is 26.2 Å². The highest BCUT2D eigenvalue weighted by molar-refractivity contribution is 7.90. The number of piperidine rings is 1. The number of hydrogen-bond acceptors (Lipinski definition) is 5. The Hall–Kier alpha value is -0.990. The van der Waals surface area contributed by atoms with Crippen molar-refractivity contribution >= 4 is 10.0 Å². The Kier molecular flexibility index (Phi) is 4.85. The average Bonchev–Trinajstić information content (AvgIpc) is 3.23. The third kappa shape index (κ3) is 3.48. The predicted octanol–water partition coefficient (Wildman–Crippen LogP) is 1.57. The Bertz CT molecular complexity index is 699. The van der Waals surface area contributed by atoms with E-state index in [1.54, 1.807) is 4.31 Å². The molecule has 0 N–H and O–H groups in total. The molecule has 2 aliphatic heterocycles. The Labute approximate surface area is 150 Å². The van der Waals surface area contributed by atoms with Gasteiger partial charge in [0.1, 0.15) is 11.6 Å². The van der Waals surface area contributed by atoms with Gasteiger partial charge in [0.15, 0.2) is 0 Å². The van der Waals surface area contributed by atoms with Gasteiger partial charge in [0.25, 0.3) is 0 Å². The van der Waals surface area contributed by atoms with Crippen LogP contribution in [0.25, 0.3) is 0 Å². The SMILES string of the molecule is CCn1c(CN2CCCC2)nnc1C1CCN(S(=O)(=O)C2CC2)CC1. The van der Waals surface area contributed by atoms with Crippen LogP contribution in [-0.4, -0.2) is 63.8 Å². The molecule has 140 valence electrons. The summed E-state index contributed by atoms with van der Waals surface area (Å²) in [4.78, 5) is 2.45. The molecule has 1 aliphatic carbocycles. The topological polar surface area (TPSA) is 71.3 Å². The van der Waals surface area contributed by atoms with Crippen LogP contribution in [0.1, 0.15) is 63.0 Å². The zero-order valence-corrected chi connectivity index (χ0v) is 15.9. The van der Waals surface area contributed by atoms with Crippen LogP contribution in [0.5, 0.6) is 0 Å². The molecule has 0 atom stereocenters. The van der Waals surface area contributed by atoms with E-state index in [1.807, 2.05) is 0 Å². The first kappa shape index (κ1) is 17.4. The summed E-state index contributed by atoms with van der Waals surface area (Å²) in [6.07, 6.45) is 5.95. The lowest BCUT2D eigenvalue weighted by molar-refractivity contribution is 0.302. The predicted molar refractivity (Wildman–Crippen MR) is 95.7 cm³/mol. The molecule has 0 spiro atoms. The van der Waals surface area contributed by atoms with Gasteiger partial charge in [-0.25, -0.2) is 12.7 Å². The van der Waals surface area contributed by atoms with Crippen molar-refractivity contribution < 1.29 is 8.42 Å². The summed E-state index contributed by atoms with van der Waals surface area (Å²) in [6.45, 7) is 7.48. The van der Waals surface area contributed by atoms with Crippen molar-refractivity contribution in [2.45, 2.75) is 69.7 Å². The van der Waals surface area contributed by atoms with Crippen LogP contribution in [-0.2, 0) is 23.1 Å². The Morgan fingerprint density at radius 3 is 2.28 bits per heavy atom. The van der Waals surface area contributed by atoms with Crippen LogP contribution >= 0.6 is 0 Å². The second-order valence-electron chi connectivity index (χ2n) is 7.62. The van der Waals surface area contributed by atoms with Crippen molar-refractivity contribution in [3.05, 3.63) is 11.6 Å². The third-order valence-electron chi connectivity index (χ3n) is 5.86. The Morgan fingerprint density at radius 1 is 1.00 bits per heavy atom. The first-order chi connectivity index (χ1) is 12.1. The van der Waals surface area contributed by atoms with Crippen LogP contribution in [0, 0.1) is 0 Å². The summed E-state index contributed by atoms with van der Waals surface area (Å²) < 4.78 is 28.8. The van der Waals surface area contributed by atoms with Crippen LogP contribution in [0.4, 0.5) is 0 Å². The first-order valence-electron chi connectivity index (χ1n) is 9.73. The molecule has 0 unspecified atom stereocenters. The molecule has 8 heteroatoms. The number of nitrogens with zero attached hydrogens (tertiary/aromatic N) is 5. The first-order valence-corrected chi connectivity index (χ1v) is 11.2. The van der Waals surface area contributed by atoms with E-state index in [4.69, 9.17) is 0 Å². The van der Waals surface area contributed by atoms with Crippen LogP contribution < -0.4 is 0 Å². The smallest absolute Gasteiger partial charge is 0.216 e. The van der Waals surface area contributed by atoms with Gasteiger partial charge in [0, 0.05) is 25.6 Å². The molecule has 0 amide bonds. The summed E-state index contributed by atoms with van der Waals surface area (Å²) in [6, 6.07) is 0. The summed E-state index contributed by atoms with van der Waals surface area (Å²) in [5.41, 5.74) is 0. The molecule has 3 fully saturated rings. The van der Waals surface area contributed by atoms with Gasteiger partial charge in [-0.05, 0) is 58.5 Å². The number of rotatable bonds is 6. The molecule has 1 aromatic rings. The molecular weight excluding hydrogens is 338 g/mol. The molecule has 0 aromatic carbocycles. The molecule has 3 aliphatic rings. The molecule has 25 heavy (non-hydrogen) atoms. The second kappa shape index (κ2) is 6.96. The molecular formula is C17H29N5O2S. The number of hydrogen-bond donors (Lipinski definition) is 0. The van der Waals surface area contributed by atoms with Crippen molar-refractivity contribution in [3.8, 4) is 0 Å². The maximum Gasteiger partial charge on any atom is 0.216 e.